The fraction of sp³-hybridized carbons (Fsp3) is 0.714. The van der Waals surface area contributed by atoms with Crippen LogP contribution in [-0.4, -0.2) is 22.1 Å². The Bertz CT molecular complexity index is 440. The van der Waals surface area contributed by atoms with Crippen molar-refractivity contribution < 1.29 is 9.90 Å². The smallest absolute Gasteiger partial charge is 0.226 e. The first-order chi connectivity index (χ1) is 9.21. The van der Waals surface area contributed by atoms with E-state index in [1.807, 2.05) is 5.38 Å². The fourth-order valence-electron chi connectivity index (χ4n) is 3.41. The van der Waals surface area contributed by atoms with E-state index in [-0.39, 0.29) is 17.4 Å². The standard InChI is InChI=1S/C14H20N2O2S/c17-11-5-3-4-10(11)12(18)16-14(6-1-2-7-14)13-15-8-9-19-13/h8-11,17H,1-7H2,(H,16,18). The highest BCUT2D eigenvalue weighted by Crippen LogP contribution is 2.40. The quantitative estimate of drug-likeness (QED) is 0.892. The number of thiazole rings is 1. The number of nitrogens with zero attached hydrogens (tertiary/aromatic N) is 1. The Kier molecular flexibility index (Phi) is 3.58. The summed E-state index contributed by atoms with van der Waals surface area (Å²) in [6, 6.07) is 0. The van der Waals surface area contributed by atoms with Crippen molar-refractivity contribution in [1.29, 1.82) is 0 Å². The normalized spacial score (nSPS) is 29.5. The number of hydrogen-bond donors (Lipinski definition) is 2. The molecule has 2 N–H and O–H groups in total. The molecule has 2 unspecified atom stereocenters. The van der Waals surface area contributed by atoms with Crippen molar-refractivity contribution in [3.05, 3.63) is 16.6 Å². The van der Waals surface area contributed by atoms with Crippen LogP contribution in [0, 0.1) is 5.92 Å². The summed E-state index contributed by atoms with van der Waals surface area (Å²) in [7, 11) is 0. The molecular weight excluding hydrogens is 260 g/mol. The van der Waals surface area contributed by atoms with E-state index in [9.17, 15) is 9.90 Å². The Balaban J connectivity index is 1.77. The van der Waals surface area contributed by atoms with Crippen LogP contribution in [0.3, 0.4) is 0 Å². The average Bonchev–Trinajstić information content (AvgIpc) is 3.08. The summed E-state index contributed by atoms with van der Waals surface area (Å²) in [5, 5.41) is 16.1. The van der Waals surface area contributed by atoms with Gasteiger partial charge in [0.1, 0.15) is 5.01 Å². The molecule has 1 aromatic heterocycles. The molecular formula is C14H20N2O2S. The zero-order valence-electron chi connectivity index (χ0n) is 11.0. The summed E-state index contributed by atoms with van der Waals surface area (Å²) in [6.07, 6.45) is 8.04. The number of carbonyl (C=O) groups is 1. The second-order valence-corrected chi connectivity index (χ2v) is 6.62. The Morgan fingerprint density at radius 3 is 2.74 bits per heavy atom. The second-order valence-electron chi connectivity index (χ2n) is 5.72. The van der Waals surface area contributed by atoms with E-state index in [1.54, 1.807) is 17.5 Å². The van der Waals surface area contributed by atoms with Gasteiger partial charge in [0.05, 0.1) is 17.6 Å². The molecule has 0 bridgehead atoms. The summed E-state index contributed by atoms with van der Waals surface area (Å²) in [6.45, 7) is 0. The highest BCUT2D eigenvalue weighted by Gasteiger charge is 2.42. The van der Waals surface area contributed by atoms with Crippen LogP contribution in [0.4, 0.5) is 0 Å². The van der Waals surface area contributed by atoms with Crippen LogP contribution < -0.4 is 5.32 Å². The van der Waals surface area contributed by atoms with Gasteiger partial charge >= 0.3 is 0 Å². The van der Waals surface area contributed by atoms with Gasteiger partial charge in [0, 0.05) is 11.6 Å². The molecule has 3 rings (SSSR count). The Morgan fingerprint density at radius 1 is 1.37 bits per heavy atom. The Morgan fingerprint density at radius 2 is 2.16 bits per heavy atom. The van der Waals surface area contributed by atoms with Gasteiger partial charge in [0.25, 0.3) is 0 Å². The van der Waals surface area contributed by atoms with E-state index in [1.165, 1.54) is 0 Å². The van der Waals surface area contributed by atoms with Crippen molar-refractivity contribution in [2.75, 3.05) is 0 Å². The van der Waals surface area contributed by atoms with Gasteiger partial charge in [-0.05, 0) is 32.1 Å². The summed E-state index contributed by atoms with van der Waals surface area (Å²) < 4.78 is 0. The largest absolute Gasteiger partial charge is 0.392 e. The van der Waals surface area contributed by atoms with Crippen LogP contribution in [0.5, 0.6) is 0 Å². The number of carbonyl (C=O) groups excluding carboxylic acids is 1. The van der Waals surface area contributed by atoms with Crippen molar-refractivity contribution in [2.45, 2.75) is 56.6 Å². The fourth-order valence-corrected chi connectivity index (χ4v) is 4.26. The topological polar surface area (TPSA) is 62.2 Å². The maximum atomic E-state index is 12.4. The predicted octanol–water partition coefficient (Wildman–Crippen LogP) is 2.19. The van der Waals surface area contributed by atoms with Gasteiger partial charge in [-0.15, -0.1) is 11.3 Å². The van der Waals surface area contributed by atoms with Gasteiger partial charge in [-0.1, -0.05) is 12.8 Å². The van der Waals surface area contributed by atoms with Crippen LogP contribution in [0.2, 0.25) is 0 Å². The molecule has 2 aliphatic carbocycles. The average molecular weight is 280 g/mol. The molecule has 4 nitrogen and oxygen atoms in total. The molecule has 0 aromatic carbocycles. The zero-order chi connectivity index (χ0) is 13.3. The van der Waals surface area contributed by atoms with Gasteiger partial charge in [0.2, 0.25) is 5.91 Å². The molecule has 1 heterocycles. The van der Waals surface area contributed by atoms with Gasteiger partial charge in [-0.3, -0.25) is 4.79 Å². The minimum absolute atomic E-state index is 0.0158. The molecule has 1 amide bonds. The maximum absolute atomic E-state index is 12.4. The predicted molar refractivity (Wildman–Crippen MR) is 73.8 cm³/mol. The van der Waals surface area contributed by atoms with Crippen LogP contribution in [-0.2, 0) is 10.3 Å². The summed E-state index contributed by atoms with van der Waals surface area (Å²) >= 11 is 1.62. The van der Waals surface area contributed by atoms with Crippen molar-refractivity contribution in [3.63, 3.8) is 0 Å². The Hall–Kier alpha value is -0.940. The molecule has 5 heteroatoms. The summed E-state index contributed by atoms with van der Waals surface area (Å²) in [5.41, 5.74) is -0.270. The lowest BCUT2D eigenvalue weighted by Crippen LogP contribution is -2.47. The van der Waals surface area contributed by atoms with E-state index >= 15 is 0 Å². The lowest BCUT2D eigenvalue weighted by atomic mass is 9.95. The third-order valence-corrected chi connectivity index (χ3v) is 5.45. The molecule has 2 saturated carbocycles. The first kappa shape index (κ1) is 13.1. The van der Waals surface area contributed by atoms with Crippen LogP contribution in [0.1, 0.15) is 50.0 Å². The highest BCUT2D eigenvalue weighted by molar-refractivity contribution is 7.09. The van der Waals surface area contributed by atoms with Gasteiger partial charge in [0.15, 0.2) is 0 Å². The van der Waals surface area contributed by atoms with Crippen LogP contribution in [0.25, 0.3) is 0 Å². The van der Waals surface area contributed by atoms with Gasteiger partial charge in [-0.25, -0.2) is 4.98 Å². The third-order valence-electron chi connectivity index (χ3n) is 4.48. The molecule has 19 heavy (non-hydrogen) atoms. The number of aliphatic hydroxyl groups excluding tert-OH is 1. The number of aliphatic hydroxyl groups is 1. The van der Waals surface area contributed by atoms with Crippen molar-refractivity contribution in [2.24, 2.45) is 5.92 Å². The van der Waals surface area contributed by atoms with E-state index in [0.29, 0.717) is 0 Å². The van der Waals surface area contributed by atoms with Crippen molar-refractivity contribution >= 4 is 17.2 Å². The number of amides is 1. The molecule has 2 fully saturated rings. The Labute approximate surface area is 117 Å². The molecule has 0 radical (unpaired) electrons. The number of hydrogen-bond acceptors (Lipinski definition) is 4. The molecule has 2 atom stereocenters. The minimum atomic E-state index is -0.463. The lowest BCUT2D eigenvalue weighted by molar-refractivity contribution is -0.129. The molecule has 0 aliphatic heterocycles. The van der Waals surface area contributed by atoms with E-state index < -0.39 is 6.10 Å². The summed E-state index contributed by atoms with van der Waals surface area (Å²) in [4.78, 5) is 16.8. The zero-order valence-corrected chi connectivity index (χ0v) is 11.8. The molecule has 1 aromatic rings. The second kappa shape index (κ2) is 5.21. The minimum Gasteiger partial charge on any atom is -0.392 e. The van der Waals surface area contributed by atoms with Crippen LogP contribution >= 0.6 is 11.3 Å². The molecule has 2 aliphatic rings. The molecule has 104 valence electrons. The van der Waals surface area contributed by atoms with Crippen molar-refractivity contribution in [1.82, 2.24) is 10.3 Å². The maximum Gasteiger partial charge on any atom is 0.226 e. The lowest BCUT2D eigenvalue weighted by Gasteiger charge is -2.30. The first-order valence-corrected chi connectivity index (χ1v) is 7.99. The van der Waals surface area contributed by atoms with Gasteiger partial charge in [-0.2, -0.15) is 0 Å². The van der Waals surface area contributed by atoms with Crippen LogP contribution in [0.15, 0.2) is 11.6 Å². The molecule has 0 spiro atoms. The van der Waals surface area contributed by atoms with E-state index in [4.69, 9.17) is 0 Å². The molecule has 0 saturated heterocycles. The van der Waals surface area contributed by atoms with Gasteiger partial charge < -0.3 is 10.4 Å². The number of rotatable bonds is 3. The highest BCUT2D eigenvalue weighted by atomic mass is 32.1. The van der Waals surface area contributed by atoms with Crippen molar-refractivity contribution in [3.8, 4) is 0 Å². The van der Waals surface area contributed by atoms with E-state index in [0.717, 1.165) is 50.0 Å². The number of nitrogens with one attached hydrogen (secondary N) is 1. The SMILES string of the molecule is O=C(NC1(c2nccs2)CCCC1)C1CCCC1O. The summed E-state index contributed by atoms with van der Waals surface area (Å²) in [5.74, 6) is -0.209. The third kappa shape index (κ3) is 2.41. The monoisotopic (exact) mass is 280 g/mol. The first-order valence-electron chi connectivity index (χ1n) is 7.11. The number of aromatic nitrogens is 1. The van der Waals surface area contributed by atoms with E-state index in [2.05, 4.69) is 10.3 Å².